The van der Waals surface area contributed by atoms with Gasteiger partial charge >= 0.3 is 0 Å². The number of hydrogen-bond donors (Lipinski definition) is 2. The molecule has 0 spiro atoms. The molecule has 0 unspecified atom stereocenters. The van der Waals surface area contributed by atoms with Crippen molar-refractivity contribution in [3.05, 3.63) is 47.8 Å². The highest BCUT2D eigenvalue weighted by molar-refractivity contribution is 5.92. The summed E-state index contributed by atoms with van der Waals surface area (Å²) in [6.07, 6.45) is 4.85. The molecular formula is C20H25N7O2. The molecular weight excluding hydrogens is 370 g/mol. The van der Waals surface area contributed by atoms with E-state index in [2.05, 4.69) is 20.5 Å². The Labute approximate surface area is 168 Å². The van der Waals surface area contributed by atoms with E-state index in [1.54, 1.807) is 34.9 Å². The Hall–Kier alpha value is -3.07. The third-order valence-corrected chi connectivity index (χ3v) is 5.45. The van der Waals surface area contributed by atoms with Crippen LogP contribution in [0, 0.1) is 6.92 Å². The number of hydrogen-bond acceptors (Lipinski definition) is 6. The van der Waals surface area contributed by atoms with Crippen LogP contribution in [0.25, 0.3) is 11.4 Å². The molecule has 0 aliphatic heterocycles. The van der Waals surface area contributed by atoms with Gasteiger partial charge in [0.1, 0.15) is 11.5 Å². The number of carbonyl (C=O) groups is 1. The third kappa shape index (κ3) is 3.91. The summed E-state index contributed by atoms with van der Waals surface area (Å²) in [6, 6.07) is 5.17. The molecule has 0 radical (unpaired) electrons. The van der Waals surface area contributed by atoms with Gasteiger partial charge in [-0.25, -0.2) is 4.98 Å². The number of pyridine rings is 1. The Morgan fingerprint density at radius 2 is 2.07 bits per heavy atom. The van der Waals surface area contributed by atoms with E-state index in [1.807, 2.05) is 26.1 Å². The Kier molecular flexibility index (Phi) is 5.14. The average Bonchev–Trinajstić information content (AvgIpc) is 3.26. The molecule has 0 bridgehead atoms. The van der Waals surface area contributed by atoms with Gasteiger partial charge in [0, 0.05) is 38.0 Å². The number of aryl methyl sites for hydroxylation is 3. The monoisotopic (exact) mass is 395 g/mol. The molecule has 3 atom stereocenters. The maximum atomic E-state index is 12.7. The van der Waals surface area contributed by atoms with E-state index in [-0.39, 0.29) is 17.9 Å². The summed E-state index contributed by atoms with van der Waals surface area (Å²) in [5, 5.41) is 22.2. The highest BCUT2D eigenvalue weighted by Crippen LogP contribution is 2.33. The van der Waals surface area contributed by atoms with Crippen molar-refractivity contribution in [1.29, 1.82) is 0 Å². The molecule has 3 aromatic rings. The van der Waals surface area contributed by atoms with Crippen LogP contribution in [0.5, 0.6) is 0 Å². The van der Waals surface area contributed by atoms with Gasteiger partial charge in [-0.05, 0) is 44.4 Å². The largest absolute Gasteiger partial charge is 0.391 e. The van der Waals surface area contributed by atoms with Crippen molar-refractivity contribution in [1.82, 2.24) is 34.8 Å². The van der Waals surface area contributed by atoms with Gasteiger partial charge in [-0.15, -0.1) is 0 Å². The van der Waals surface area contributed by atoms with Crippen molar-refractivity contribution in [2.75, 3.05) is 0 Å². The van der Waals surface area contributed by atoms with E-state index in [0.29, 0.717) is 24.4 Å². The lowest BCUT2D eigenvalue weighted by molar-refractivity contribution is 0.0663. The molecule has 0 saturated heterocycles. The quantitative estimate of drug-likeness (QED) is 0.690. The molecule has 9 nitrogen and oxygen atoms in total. The number of nitrogens with zero attached hydrogens (tertiary/aromatic N) is 6. The predicted octanol–water partition coefficient (Wildman–Crippen LogP) is 1.35. The second kappa shape index (κ2) is 7.75. The van der Waals surface area contributed by atoms with E-state index in [1.165, 1.54) is 0 Å². The summed E-state index contributed by atoms with van der Waals surface area (Å²) in [7, 11) is 3.61. The average molecular weight is 395 g/mol. The lowest BCUT2D eigenvalue weighted by atomic mass is 9.83. The van der Waals surface area contributed by atoms with Crippen LogP contribution in [0.2, 0.25) is 0 Å². The van der Waals surface area contributed by atoms with E-state index < -0.39 is 6.10 Å². The fraction of sp³-hybridized carbons (Fsp3) is 0.450. The number of rotatable bonds is 4. The number of aromatic nitrogens is 6. The number of aliphatic hydroxyl groups excluding tert-OH is 1. The molecule has 3 aromatic heterocycles. The highest BCUT2D eigenvalue weighted by Gasteiger charge is 2.34. The Morgan fingerprint density at radius 3 is 2.76 bits per heavy atom. The molecule has 2 N–H and O–H groups in total. The van der Waals surface area contributed by atoms with Crippen LogP contribution in [0.1, 0.15) is 47.2 Å². The van der Waals surface area contributed by atoms with E-state index in [0.717, 1.165) is 23.5 Å². The molecule has 1 aliphatic rings. The van der Waals surface area contributed by atoms with Gasteiger partial charge in [0.05, 0.1) is 17.8 Å². The van der Waals surface area contributed by atoms with Crippen molar-refractivity contribution in [3.8, 4) is 11.4 Å². The van der Waals surface area contributed by atoms with Crippen LogP contribution in [0.3, 0.4) is 0 Å². The third-order valence-electron chi connectivity index (χ3n) is 5.45. The molecule has 1 aliphatic carbocycles. The maximum absolute atomic E-state index is 12.7. The second-order valence-electron chi connectivity index (χ2n) is 7.61. The topological polar surface area (TPSA) is 111 Å². The van der Waals surface area contributed by atoms with Gasteiger partial charge in [-0.1, -0.05) is 0 Å². The maximum Gasteiger partial charge on any atom is 0.269 e. The van der Waals surface area contributed by atoms with Crippen LogP contribution < -0.4 is 5.32 Å². The van der Waals surface area contributed by atoms with Crippen molar-refractivity contribution < 1.29 is 9.90 Å². The Balaban J connectivity index is 1.51. The SMILES string of the molecule is Cc1cc(C(=O)N[C@@H]2C[C@@H](c3nc(-c4cccnc4)nn3C)CC[C@H]2O)n(C)n1. The molecule has 29 heavy (non-hydrogen) atoms. The number of amides is 1. The first-order chi connectivity index (χ1) is 13.9. The van der Waals surface area contributed by atoms with Crippen LogP contribution in [-0.4, -0.2) is 52.7 Å². The normalized spacial score (nSPS) is 21.9. The van der Waals surface area contributed by atoms with Crippen LogP contribution >= 0.6 is 0 Å². The summed E-state index contributed by atoms with van der Waals surface area (Å²) >= 11 is 0. The minimum Gasteiger partial charge on any atom is -0.391 e. The lowest BCUT2D eigenvalue weighted by Crippen LogP contribution is -2.47. The molecule has 4 rings (SSSR count). The second-order valence-corrected chi connectivity index (χ2v) is 7.61. The van der Waals surface area contributed by atoms with Crippen molar-refractivity contribution in [2.45, 2.75) is 44.2 Å². The zero-order chi connectivity index (χ0) is 20.5. The summed E-state index contributed by atoms with van der Waals surface area (Å²) in [5.41, 5.74) is 2.12. The predicted molar refractivity (Wildman–Crippen MR) is 106 cm³/mol. The fourth-order valence-corrected chi connectivity index (χ4v) is 3.98. The van der Waals surface area contributed by atoms with E-state index in [9.17, 15) is 9.90 Å². The molecule has 1 amide bonds. The zero-order valence-electron chi connectivity index (χ0n) is 16.8. The van der Waals surface area contributed by atoms with E-state index >= 15 is 0 Å². The van der Waals surface area contributed by atoms with Gasteiger partial charge in [-0.3, -0.25) is 19.1 Å². The molecule has 3 heterocycles. The molecule has 9 heteroatoms. The highest BCUT2D eigenvalue weighted by atomic mass is 16.3. The molecule has 0 aromatic carbocycles. The molecule has 152 valence electrons. The first kappa shape index (κ1) is 19.3. The Morgan fingerprint density at radius 1 is 1.24 bits per heavy atom. The Bertz CT molecular complexity index is 1010. The van der Waals surface area contributed by atoms with Crippen molar-refractivity contribution >= 4 is 5.91 Å². The fourth-order valence-electron chi connectivity index (χ4n) is 3.98. The standard InChI is InChI=1S/C20H25N7O2/c1-12-9-16(26(2)24-12)20(29)22-15-10-13(6-7-17(15)28)19-23-18(25-27(19)3)14-5-4-8-21-11-14/h4-5,8-9,11,13,15,17,28H,6-7,10H2,1-3H3,(H,22,29)/t13-,15+,17+/m0/s1. The van der Waals surface area contributed by atoms with Gasteiger partial charge in [-0.2, -0.15) is 10.2 Å². The first-order valence-corrected chi connectivity index (χ1v) is 9.73. The van der Waals surface area contributed by atoms with Crippen LogP contribution in [-0.2, 0) is 14.1 Å². The zero-order valence-corrected chi connectivity index (χ0v) is 16.8. The van der Waals surface area contributed by atoms with Crippen molar-refractivity contribution in [3.63, 3.8) is 0 Å². The van der Waals surface area contributed by atoms with Gasteiger partial charge < -0.3 is 10.4 Å². The molecule has 1 fully saturated rings. The minimum absolute atomic E-state index is 0.0971. The smallest absolute Gasteiger partial charge is 0.269 e. The summed E-state index contributed by atoms with van der Waals surface area (Å²) < 4.78 is 3.34. The molecule has 1 saturated carbocycles. The van der Waals surface area contributed by atoms with Crippen molar-refractivity contribution in [2.24, 2.45) is 14.1 Å². The van der Waals surface area contributed by atoms with E-state index in [4.69, 9.17) is 4.98 Å². The lowest BCUT2D eigenvalue weighted by Gasteiger charge is -2.33. The summed E-state index contributed by atoms with van der Waals surface area (Å²) in [5.74, 6) is 1.35. The van der Waals surface area contributed by atoms with Gasteiger partial charge in [0.2, 0.25) is 0 Å². The minimum atomic E-state index is -0.587. The van der Waals surface area contributed by atoms with Crippen LogP contribution in [0.15, 0.2) is 30.6 Å². The number of carbonyl (C=O) groups excluding carboxylic acids is 1. The van der Waals surface area contributed by atoms with Crippen LogP contribution in [0.4, 0.5) is 0 Å². The van der Waals surface area contributed by atoms with Gasteiger partial charge in [0.15, 0.2) is 5.82 Å². The summed E-state index contributed by atoms with van der Waals surface area (Å²) in [4.78, 5) is 21.5. The number of nitrogens with one attached hydrogen (secondary N) is 1. The first-order valence-electron chi connectivity index (χ1n) is 9.73. The number of aliphatic hydroxyl groups is 1. The van der Waals surface area contributed by atoms with Gasteiger partial charge in [0.25, 0.3) is 5.91 Å². The summed E-state index contributed by atoms with van der Waals surface area (Å²) in [6.45, 7) is 1.84.